The molecule has 6 rings (SSSR count). The van der Waals surface area contributed by atoms with Crippen LogP contribution in [0.15, 0.2) is 77.3 Å². The van der Waals surface area contributed by atoms with Crippen LogP contribution >= 0.6 is 0 Å². The molecule has 0 bridgehead atoms. The van der Waals surface area contributed by atoms with Crippen molar-refractivity contribution in [1.29, 1.82) is 0 Å². The molecule has 174 valence electrons. The van der Waals surface area contributed by atoms with E-state index in [1.807, 2.05) is 13.0 Å². The molecule has 4 aromatic carbocycles. The largest absolute Gasteiger partial charge is 0.454 e. The summed E-state index contributed by atoms with van der Waals surface area (Å²) < 4.78 is 26.3. The number of hydrogen-bond donors (Lipinski definition) is 0. The van der Waals surface area contributed by atoms with Crippen molar-refractivity contribution in [3.05, 3.63) is 89.6 Å². The van der Waals surface area contributed by atoms with Crippen molar-refractivity contribution in [2.24, 2.45) is 7.05 Å². The zero-order valence-corrected chi connectivity index (χ0v) is 21.3. The second-order valence-corrected chi connectivity index (χ2v) is 10.6. The molecule has 0 spiro atoms. The lowest BCUT2D eigenvalue weighted by Crippen LogP contribution is -2.33. The van der Waals surface area contributed by atoms with Crippen molar-refractivity contribution in [2.75, 3.05) is 0 Å². The standard InChI is InChI=1S/C33H32NO/c1-7-21-18-27-26-16-14-23-13-12-22-10-8-9-11-25(22)30(23)31(26)35-32(27)29(20(21)2)28-17-15-24(19-34(28)6)33(3,4)5/h8-19H,7H2,1-6H3/q+1/i7D2. The first-order chi connectivity index (χ1) is 17.4. The molecule has 0 unspecified atom stereocenters. The van der Waals surface area contributed by atoms with Crippen molar-refractivity contribution >= 4 is 43.5 Å². The van der Waals surface area contributed by atoms with Crippen molar-refractivity contribution < 1.29 is 11.7 Å². The van der Waals surface area contributed by atoms with Crippen LogP contribution in [0.3, 0.4) is 0 Å². The molecule has 2 heterocycles. The first-order valence-electron chi connectivity index (χ1n) is 13.3. The van der Waals surface area contributed by atoms with E-state index >= 15 is 0 Å². The molecule has 0 amide bonds. The van der Waals surface area contributed by atoms with Gasteiger partial charge in [0.15, 0.2) is 6.20 Å². The lowest BCUT2D eigenvalue weighted by molar-refractivity contribution is -0.661. The summed E-state index contributed by atoms with van der Waals surface area (Å²) in [6, 6.07) is 23.3. The minimum atomic E-state index is -1.50. The molecule has 2 aromatic heterocycles. The van der Waals surface area contributed by atoms with Gasteiger partial charge >= 0.3 is 0 Å². The average Bonchev–Trinajstić information content (AvgIpc) is 3.21. The Balaban J connectivity index is 1.79. The first-order valence-corrected chi connectivity index (χ1v) is 12.3. The SMILES string of the molecule is [2H]C([2H])(C)c1cc2c(oc3c2ccc2ccc4ccccc4c23)c(-c2ccc(C(C)(C)C)c[n+]2C)c1C. The van der Waals surface area contributed by atoms with Gasteiger partial charge in [-0.15, -0.1) is 0 Å². The Hall–Kier alpha value is -3.65. The quantitative estimate of drug-likeness (QED) is 0.187. The second-order valence-electron chi connectivity index (χ2n) is 10.6. The minimum Gasteiger partial charge on any atom is -0.454 e. The van der Waals surface area contributed by atoms with Crippen molar-refractivity contribution in [3.63, 3.8) is 0 Å². The van der Waals surface area contributed by atoms with Crippen molar-refractivity contribution in [1.82, 2.24) is 0 Å². The predicted molar refractivity (Wildman–Crippen MR) is 148 cm³/mol. The number of aromatic nitrogens is 1. The lowest BCUT2D eigenvalue weighted by Gasteiger charge is -2.18. The van der Waals surface area contributed by atoms with Crippen LogP contribution in [0.4, 0.5) is 0 Å². The zero-order valence-electron chi connectivity index (χ0n) is 23.3. The topological polar surface area (TPSA) is 17.0 Å². The Labute approximate surface area is 209 Å². The summed E-state index contributed by atoms with van der Waals surface area (Å²) in [5, 5.41) is 6.53. The summed E-state index contributed by atoms with van der Waals surface area (Å²) >= 11 is 0. The molecule has 0 saturated heterocycles. The highest BCUT2D eigenvalue weighted by Gasteiger charge is 2.25. The summed E-state index contributed by atoms with van der Waals surface area (Å²) in [7, 11) is 2.06. The average molecular weight is 461 g/mol. The molecule has 0 atom stereocenters. The third kappa shape index (κ3) is 3.27. The fourth-order valence-corrected chi connectivity index (χ4v) is 5.43. The fraction of sp³-hybridized carbons (Fsp3) is 0.242. The summed E-state index contributed by atoms with van der Waals surface area (Å²) in [6.07, 6.45) is 0.684. The molecule has 0 aliphatic rings. The number of aryl methyl sites for hydroxylation is 2. The maximum absolute atomic E-state index is 8.65. The normalized spacial score (nSPS) is 13.7. The van der Waals surface area contributed by atoms with Gasteiger partial charge in [0.2, 0.25) is 5.69 Å². The fourth-order valence-electron chi connectivity index (χ4n) is 5.43. The van der Waals surface area contributed by atoms with Crippen LogP contribution in [0.1, 0.15) is 47.1 Å². The second kappa shape index (κ2) is 7.68. The van der Waals surface area contributed by atoms with Gasteiger partial charge in [-0.1, -0.05) is 70.2 Å². The predicted octanol–water partition coefficient (Wildman–Crippen LogP) is 8.55. The molecule has 0 radical (unpaired) electrons. The Morgan fingerprint density at radius 1 is 0.857 bits per heavy atom. The summed E-state index contributed by atoms with van der Waals surface area (Å²) in [5.41, 5.74) is 6.50. The van der Waals surface area contributed by atoms with E-state index in [0.29, 0.717) is 5.56 Å². The van der Waals surface area contributed by atoms with Crippen LogP contribution in [0, 0.1) is 6.92 Å². The molecular formula is C33H32NO+. The molecule has 0 saturated carbocycles. The van der Waals surface area contributed by atoms with Gasteiger partial charge in [-0.2, -0.15) is 0 Å². The molecule has 0 aliphatic heterocycles. The molecule has 0 aliphatic carbocycles. The number of furan rings is 1. The van der Waals surface area contributed by atoms with Gasteiger partial charge in [0.05, 0.1) is 5.56 Å². The maximum atomic E-state index is 8.65. The van der Waals surface area contributed by atoms with E-state index in [4.69, 9.17) is 7.16 Å². The van der Waals surface area contributed by atoms with Gasteiger partial charge < -0.3 is 4.42 Å². The van der Waals surface area contributed by atoms with Crippen molar-refractivity contribution in [3.8, 4) is 11.3 Å². The van der Waals surface area contributed by atoms with Crippen LogP contribution < -0.4 is 4.57 Å². The number of pyridine rings is 1. The van der Waals surface area contributed by atoms with E-state index in [2.05, 4.69) is 99.2 Å². The highest BCUT2D eigenvalue weighted by Crippen LogP contribution is 2.42. The molecule has 2 heteroatoms. The van der Waals surface area contributed by atoms with Gasteiger partial charge in [0.25, 0.3) is 0 Å². The number of fused-ring (bicyclic) bond motifs is 7. The Morgan fingerprint density at radius 2 is 1.60 bits per heavy atom. The number of hydrogen-bond acceptors (Lipinski definition) is 1. The highest BCUT2D eigenvalue weighted by molar-refractivity contribution is 6.24. The highest BCUT2D eigenvalue weighted by atomic mass is 16.3. The molecular weight excluding hydrogens is 426 g/mol. The summed E-state index contributed by atoms with van der Waals surface area (Å²) in [6.45, 7) is 10.3. The monoisotopic (exact) mass is 460 g/mol. The van der Waals surface area contributed by atoms with E-state index in [9.17, 15) is 0 Å². The minimum absolute atomic E-state index is 0.0305. The van der Waals surface area contributed by atoms with E-state index in [-0.39, 0.29) is 5.41 Å². The van der Waals surface area contributed by atoms with Gasteiger partial charge in [-0.3, -0.25) is 0 Å². The first kappa shape index (κ1) is 19.6. The Kier molecular flexibility index (Phi) is 4.31. The van der Waals surface area contributed by atoms with E-state index in [1.165, 1.54) is 10.9 Å². The van der Waals surface area contributed by atoms with Crippen LogP contribution in [0.25, 0.3) is 54.7 Å². The van der Waals surface area contributed by atoms with Gasteiger partial charge in [-0.05, 0) is 64.2 Å². The van der Waals surface area contributed by atoms with Crippen molar-refractivity contribution in [2.45, 2.75) is 46.4 Å². The van der Waals surface area contributed by atoms with Crippen LogP contribution in [0.5, 0.6) is 0 Å². The van der Waals surface area contributed by atoms with E-state index in [1.54, 1.807) is 6.92 Å². The lowest BCUT2D eigenvalue weighted by atomic mass is 9.87. The van der Waals surface area contributed by atoms with Crippen LogP contribution in [-0.2, 0) is 18.8 Å². The van der Waals surface area contributed by atoms with E-state index < -0.39 is 6.37 Å². The summed E-state index contributed by atoms with van der Waals surface area (Å²) in [5.74, 6) is 0. The molecule has 2 nitrogen and oxygen atoms in total. The number of rotatable bonds is 2. The van der Waals surface area contributed by atoms with Gasteiger partial charge in [-0.25, -0.2) is 4.57 Å². The van der Waals surface area contributed by atoms with Crippen LogP contribution in [-0.4, -0.2) is 0 Å². The molecule has 6 aromatic rings. The third-order valence-corrected chi connectivity index (χ3v) is 7.42. The third-order valence-electron chi connectivity index (χ3n) is 7.42. The number of nitrogens with zero attached hydrogens (tertiary/aromatic N) is 1. The van der Waals surface area contributed by atoms with Gasteiger partial charge in [0, 0.05) is 30.5 Å². The zero-order chi connectivity index (χ0) is 26.3. The Bertz CT molecular complexity index is 1870. The smallest absolute Gasteiger partial charge is 0.216 e. The van der Waals surface area contributed by atoms with Crippen LogP contribution in [0.2, 0.25) is 0 Å². The summed E-state index contributed by atoms with van der Waals surface area (Å²) in [4.78, 5) is 0. The molecule has 0 fully saturated rings. The Morgan fingerprint density at radius 3 is 2.34 bits per heavy atom. The van der Waals surface area contributed by atoms with E-state index in [0.717, 1.165) is 54.9 Å². The molecule has 35 heavy (non-hydrogen) atoms. The number of benzene rings is 4. The van der Waals surface area contributed by atoms with Gasteiger partial charge in [0.1, 0.15) is 18.2 Å². The molecule has 0 N–H and O–H groups in total. The maximum Gasteiger partial charge on any atom is 0.216 e.